The lowest BCUT2D eigenvalue weighted by atomic mass is 9.85. The lowest BCUT2D eigenvalue weighted by Crippen LogP contribution is -2.45. The van der Waals surface area contributed by atoms with Gasteiger partial charge in [-0.3, -0.25) is 0 Å². The van der Waals surface area contributed by atoms with E-state index in [-0.39, 0.29) is 5.97 Å². The molecule has 1 aliphatic carbocycles. The van der Waals surface area contributed by atoms with Gasteiger partial charge in [0, 0.05) is 0 Å². The fourth-order valence-electron chi connectivity index (χ4n) is 2.66. The SMILES string of the molecule is CCOC(=O)[C@H](CC1CCCCC1)NC(=O)OC(C)(C)C. The molecule has 1 amide bonds. The molecule has 0 unspecified atom stereocenters. The maximum atomic E-state index is 12.0. The van der Waals surface area contributed by atoms with Gasteiger partial charge >= 0.3 is 12.1 Å². The molecule has 0 aliphatic heterocycles. The second kappa shape index (κ2) is 8.25. The quantitative estimate of drug-likeness (QED) is 0.790. The van der Waals surface area contributed by atoms with Gasteiger partial charge in [0.1, 0.15) is 11.6 Å². The predicted molar refractivity (Wildman–Crippen MR) is 81.0 cm³/mol. The lowest BCUT2D eigenvalue weighted by molar-refractivity contribution is -0.146. The first kappa shape index (κ1) is 17.8. The summed E-state index contributed by atoms with van der Waals surface area (Å²) in [6, 6.07) is -0.608. The summed E-state index contributed by atoms with van der Waals surface area (Å²) in [5, 5.41) is 2.67. The average molecular weight is 299 g/mol. The van der Waals surface area contributed by atoms with Gasteiger partial charge in [0.2, 0.25) is 0 Å². The minimum atomic E-state index is -0.608. The van der Waals surface area contributed by atoms with Crippen molar-refractivity contribution in [2.45, 2.75) is 77.9 Å². The highest BCUT2D eigenvalue weighted by Gasteiger charge is 2.28. The first-order valence-electron chi connectivity index (χ1n) is 7.98. The van der Waals surface area contributed by atoms with Crippen molar-refractivity contribution < 1.29 is 19.1 Å². The van der Waals surface area contributed by atoms with Crippen LogP contribution in [0.4, 0.5) is 4.79 Å². The number of hydrogen-bond acceptors (Lipinski definition) is 4. The molecule has 1 N–H and O–H groups in total. The fraction of sp³-hybridized carbons (Fsp3) is 0.875. The Morgan fingerprint density at radius 1 is 1.19 bits per heavy atom. The van der Waals surface area contributed by atoms with Crippen LogP contribution in [0.1, 0.15) is 66.2 Å². The molecule has 0 aromatic carbocycles. The van der Waals surface area contributed by atoms with Gasteiger partial charge in [-0.1, -0.05) is 32.1 Å². The van der Waals surface area contributed by atoms with Crippen molar-refractivity contribution in [3.63, 3.8) is 0 Å². The lowest BCUT2D eigenvalue weighted by Gasteiger charge is -2.27. The van der Waals surface area contributed by atoms with Gasteiger partial charge in [-0.05, 0) is 40.0 Å². The van der Waals surface area contributed by atoms with Crippen LogP contribution in [0.2, 0.25) is 0 Å². The van der Waals surface area contributed by atoms with E-state index in [1.54, 1.807) is 27.7 Å². The third kappa shape index (κ3) is 7.34. The minimum Gasteiger partial charge on any atom is -0.464 e. The van der Waals surface area contributed by atoms with Crippen LogP contribution in [0, 0.1) is 5.92 Å². The Bertz CT molecular complexity index is 343. The Labute approximate surface area is 127 Å². The summed E-state index contributed by atoms with van der Waals surface area (Å²) in [6.07, 6.45) is 5.98. The summed E-state index contributed by atoms with van der Waals surface area (Å²) in [5.41, 5.74) is -0.575. The van der Waals surface area contributed by atoms with E-state index in [9.17, 15) is 9.59 Å². The van der Waals surface area contributed by atoms with Crippen LogP contribution in [-0.2, 0) is 14.3 Å². The van der Waals surface area contributed by atoms with Crippen molar-refractivity contribution in [3.05, 3.63) is 0 Å². The molecule has 0 radical (unpaired) electrons. The normalized spacial score (nSPS) is 17.9. The summed E-state index contributed by atoms with van der Waals surface area (Å²) in [4.78, 5) is 23.9. The van der Waals surface area contributed by atoms with Gasteiger partial charge in [-0.15, -0.1) is 0 Å². The average Bonchev–Trinajstić information content (AvgIpc) is 2.37. The van der Waals surface area contributed by atoms with E-state index in [0.717, 1.165) is 12.8 Å². The van der Waals surface area contributed by atoms with E-state index >= 15 is 0 Å². The van der Waals surface area contributed by atoms with Crippen molar-refractivity contribution in [1.82, 2.24) is 5.32 Å². The maximum absolute atomic E-state index is 12.0. The molecular formula is C16H29NO4. The van der Waals surface area contributed by atoms with Gasteiger partial charge < -0.3 is 14.8 Å². The Kier molecular flexibility index (Phi) is 6.99. The number of esters is 1. The third-order valence-electron chi connectivity index (χ3n) is 3.56. The fourth-order valence-corrected chi connectivity index (χ4v) is 2.66. The van der Waals surface area contributed by atoms with Crippen LogP contribution in [0.3, 0.4) is 0 Å². The van der Waals surface area contributed by atoms with E-state index in [1.165, 1.54) is 19.3 Å². The van der Waals surface area contributed by atoms with E-state index in [4.69, 9.17) is 9.47 Å². The van der Waals surface area contributed by atoms with Gasteiger partial charge in [-0.2, -0.15) is 0 Å². The molecule has 1 saturated carbocycles. The number of carbonyl (C=O) groups excluding carboxylic acids is 2. The number of amides is 1. The summed E-state index contributed by atoms with van der Waals surface area (Å²) in [6.45, 7) is 7.48. The summed E-state index contributed by atoms with van der Waals surface area (Å²) < 4.78 is 10.3. The standard InChI is InChI=1S/C16H29NO4/c1-5-20-14(18)13(11-12-9-7-6-8-10-12)17-15(19)21-16(2,3)4/h12-13H,5-11H2,1-4H3,(H,17,19)/t13-/m0/s1. The van der Waals surface area contributed by atoms with Crippen molar-refractivity contribution in [2.75, 3.05) is 6.61 Å². The summed E-state index contributed by atoms with van der Waals surface area (Å²) in [5.74, 6) is 0.108. The highest BCUT2D eigenvalue weighted by Crippen LogP contribution is 2.27. The van der Waals surface area contributed by atoms with Crippen LogP contribution in [0.15, 0.2) is 0 Å². The molecular weight excluding hydrogens is 270 g/mol. The smallest absolute Gasteiger partial charge is 0.408 e. The van der Waals surface area contributed by atoms with Gasteiger partial charge in [0.25, 0.3) is 0 Å². The molecule has 1 rings (SSSR count). The summed E-state index contributed by atoms with van der Waals surface area (Å²) >= 11 is 0. The number of nitrogens with one attached hydrogen (secondary N) is 1. The van der Waals surface area contributed by atoms with Gasteiger partial charge in [0.15, 0.2) is 0 Å². The molecule has 5 heteroatoms. The first-order valence-corrected chi connectivity index (χ1v) is 7.98. The van der Waals surface area contributed by atoms with E-state index in [0.29, 0.717) is 18.9 Å². The third-order valence-corrected chi connectivity index (χ3v) is 3.56. The predicted octanol–water partition coefficient (Wildman–Crippen LogP) is 3.41. The second-order valence-electron chi connectivity index (χ2n) is 6.69. The number of ether oxygens (including phenoxy) is 2. The Balaban J connectivity index is 2.58. The number of alkyl carbamates (subject to hydrolysis) is 1. The highest BCUT2D eigenvalue weighted by molar-refractivity contribution is 5.81. The molecule has 0 aromatic heterocycles. The second-order valence-corrected chi connectivity index (χ2v) is 6.69. The van der Waals surface area contributed by atoms with Crippen molar-refractivity contribution in [2.24, 2.45) is 5.92 Å². The molecule has 122 valence electrons. The Morgan fingerprint density at radius 3 is 2.33 bits per heavy atom. The Hall–Kier alpha value is -1.26. The van der Waals surface area contributed by atoms with Crippen molar-refractivity contribution in [1.29, 1.82) is 0 Å². The van der Waals surface area contributed by atoms with Crippen LogP contribution in [-0.4, -0.2) is 30.3 Å². The van der Waals surface area contributed by atoms with E-state index < -0.39 is 17.7 Å². The topological polar surface area (TPSA) is 64.6 Å². The van der Waals surface area contributed by atoms with Crippen molar-refractivity contribution in [3.8, 4) is 0 Å². The molecule has 1 atom stereocenters. The molecule has 1 fully saturated rings. The van der Waals surface area contributed by atoms with Crippen LogP contribution in [0.5, 0.6) is 0 Å². The monoisotopic (exact) mass is 299 g/mol. The zero-order chi connectivity index (χ0) is 15.9. The zero-order valence-electron chi connectivity index (χ0n) is 13.7. The zero-order valence-corrected chi connectivity index (χ0v) is 13.7. The van der Waals surface area contributed by atoms with E-state index in [2.05, 4.69) is 5.32 Å². The van der Waals surface area contributed by atoms with E-state index in [1.807, 2.05) is 0 Å². The van der Waals surface area contributed by atoms with Crippen LogP contribution >= 0.6 is 0 Å². The van der Waals surface area contributed by atoms with Crippen LogP contribution < -0.4 is 5.32 Å². The first-order chi connectivity index (χ1) is 9.81. The Morgan fingerprint density at radius 2 is 1.81 bits per heavy atom. The van der Waals surface area contributed by atoms with Gasteiger partial charge in [-0.25, -0.2) is 9.59 Å². The number of hydrogen-bond donors (Lipinski definition) is 1. The highest BCUT2D eigenvalue weighted by atomic mass is 16.6. The molecule has 0 saturated heterocycles. The number of carbonyl (C=O) groups is 2. The van der Waals surface area contributed by atoms with Crippen molar-refractivity contribution >= 4 is 12.1 Å². The van der Waals surface area contributed by atoms with Crippen LogP contribution in [0.25, 0.3) is 0 Å². The molecule has 0 bridgehead atoms. The number of rotatable bonds is 5. The summed E-state index contributed by atoms with van der Waals surface area (Å²) in [7, 11) is 0. The molecule has 0 aromatic rings. The molecule has 21 heavy (non-hydrogen) atoms. The molecule has 0 spiro atoms. The molecule has 0 heterocycles. The molecule has 1 aliphatic rings. The maximum Gasteiger partial charge on any atom is 0.408 e. The molecule has 5 nitrogen and oxygen atoms in total. The largest absolute Gasteiger partial charge is 0.464 e. The van der Waals surface area contributed by atoms with Gasteiger partial charge in [0.05, 0.1) is 6.61 Å². The minimum absolute atomic E-state index is 0.315.